The lowest BCUT2D eigenvalue weighted by Gasteiger charge is -2.16. The largest absolute Gasteiger partial charge is 0.309 e. The summed E-state index contributed by atoms with van der Waals surface area (Å²) in [5.74, 6) is 0. The molecule has 0 aliphatic heterocycles. The SMILES string of the molecule is CCNC(Cc1ccc(Cl)s1)c1ccc(Cl)cn1. The van der Waals surface area contributed by atoms with Crippen LogP contribution in [0.5, 0.6) is 0 Å². The van der Waals surface area contributed by atoms with Gasteiger partial charge < -0.3 is 5.32 Å². The zero-order valence-electron chi connectivity index (χ0n) is 9.99. The lowest BCUT2D eigenvalue weighted by atomic mass is 10.1. The highest BCUT2D eigenvalue weighted by Crippen LogP contribution is 2.26. The first kappa shape index (κ1) is 13.8. The van der Waals surface area contributed by atoms with Crippen LogP contribution in [0.25, 0.3) is 0 Å². The highest BCUT2D eigenvalue weighted by atomic mass is 35.5. The standard InChI is InChI=1S/C13H14Cl2N2S/c1-2-16-12(7-10-4-6-13(15)18-10)11-5-3-9(14)8-17-11/h3-6,8,12,16H,2,7H2,1H3. The molecule has 0 aromatic carbocycles. The van der Waals surface area contributed by atoms with Gasteiger partial charge in [0.05, 0.1) is 21.1 Å². The minimum atomic E-state index is 0.196. The van der Waals surface area contributed by atoms with Crippen molar-refractivity contribution in [3.63, 3.8) is 0 Å². The van der Waals surface area contributed by atoms with E-state index < -0.39 is 0 Å². The van der Waals surface area contributed by atoms with Crippen molar-refractivity contribution in [2.45, 2.75) is 19.4 Å². The van der Waals surface area contributed by atoms with Gasteiger partial charge in [-0.15, -0.1) is 11.3 Å². The van der Waals surface area contributed by atoms with Gasteiger partial charge in [0.2, 0.25) is 0 Å². The molecule has 0 spiro atoms. The van der Waals surface area contributed by atoms with Gasteiger partial charge in [0.15, 0.2) is 0 Å². The first-order valence-corrected chi connectivity index (χ1v) is 7.35. The third-order valence-electron chi connectivity index (χ3n) is 2.59. The van der Waals surface area contributed by atoms with E-state index in [2.05, 4.69) is 23.3 Å². The van der Waals surface area contributed by atoms with Gasteiger partial charge in [-0.05, 0) is 30.8 Å². The molecule has 2 heterocycles. The second-order valence-corrected chi connectivity index (χ2v) is 6.16. The maximum atomic E-state index is 5.95. The second-order valence-electron chi connectivity index (χ2n) is 3.92. The van der Waals surface area contributed by atoms with Crippen molar-refractivity contribution in [3.8, 4) is 0 Å². The first-order chi connectivity index (χ1) is 8.69. The topological polar surface area (TPSA) is 24.9 Å². The molecule has 1 atom stereocenters. The van der Waals surface area contributed by atoms with Crippen molar-refractivity contribution in [3.05, 3.63) is 50.4 Å². The lowest BCUT2D eigenvalue weighted by Crippen LogP contribution is -2.23. The van der Waals surface area contributed by atoms with Gasteiger partial charge in [0.25, 0.3) is 0 Å². The number of aromatic nitrogens is 1. The fourth-order valence-electron chi connectivity index (χ4n) is 1.78. The van der Waals surface area contributed by atoms with Gasteiger partial charge in [-0.25, -0.2) is 0 Å². The van der Waals surface area contributed by atoms with E-state index in [-0.39, 0.29) is 6.04 Å². The van der Waals surface area contributed by atoms with Crippen LogP contribution >= 0.6 is 34.5 Å². The lowest BCUT2D eigenvalue weighted by molar-refractivity contribution is 0.540. The van der Waals surface area contributed by atoms with E-state index in [4.69, 9.17) is 23.2 Å². The van der Waals surface area contributed by atoms with E-state index in [1.54, 1.807) is 17.5 Å². The minimum Gasteiger partial charge on any atom is -0.309 e. The highest BCUT2D eigenvalue weighted by Gasteiger charge is 2.13. The summed E-state index contributed by atoms with van der Waals surface area (Å²) in [7, 11) is 0. The van der Waals surface area contributed by atoms with Gasteiger partial charge in [-0.1, -0.05) is 30.1 Å². The molecule has 0 aliphatic carbocycles. The number of nitrogens with zero attached hydrogens (tertiary/aromatic N) is 1. The summed E-state index contributed by atoms with van der Waals surface area (Å²) in [6.07, 6.45) is 2.57. The predicted molar refractivity (Wildman–Crippen MR) is 78.7 cm³/mol. The summed E-state index contributed by atoms with van der Waals surface area (Å²) < 4.78 is 0.823. The molecular formula is C13H14Cl2N2S. The quantitative estimate of drug-likeness (QED) is 0.888. The Morgan fingerprint density at radius 2 is 2.11 bits per heavy atom. The summed E-state index contributed by atoms with van der Waals surface area (Å²) in [6.45, 7) is 2.98. The molecule has 2 aromatic rings. The van der Waals surface area contributed by atoms with Crippen molar-refractivity contribution in [2.75, 3.05) is 6.54 Å². The van der Waals surface area contributed by atoms with Crippen LogP contribution in [0.1, 0.15) is 23.5 Å². The van der Waals surface area contributed by atoms with E-state index >= 15 is 0 Å². The molecule has 18 heavy (non-hydrogen) atoms. The molecule has 2 aromatic heterocycles. The number of thiophene rings is 1. The minimum absolute atomic E-state index is 0.196. The second kappa shape index (κ2) is 6.53. The number of hydrogen-bond acceptors (Lipinski definition) is 3. The van der Waals surface area contributed by atoms with Gasteiger partial charge >= 0.3 is 0 Å². The number of pyridine rings is 1. The first-order valence-electron chi connectivity index (χ1n) is 5.78. The van der Waals surface area contributed by atoms with Crippen molar-refractivity contribution < 1.29 is 0 Å². The average molecular weight is 301 g/mol. The van der Waals surface area contributed by atoms with Crippen LogP contribution in [0.3, 0.4) is 0 Å². The molecule has 0 saturated carbocycles. The van der Waals surface area contributed by atoms with Crippen molar-refractivity contribution in [1.29, 1.82) is 0 Å². The zero-order chi connectivity index (χ0) is 13.0. The molecule has 0 amide bonds. The van der Waals surface area contributed by atoms with Gasteiger partial charge in [-0.3, -0.25) is 4.98 Å². The molecule has 0 bridgehead atoms. The molecule has 0 fully saturated rings. The van der Waals surface area contributed by atoms with Crippen LogP contribution in [0.2, 0.25) is 9.36 Å². The Balaban J connectivity index is 2.14. The predicted octanol–water partition coefficient (Wildman–Crippen LogP) is 4.34. The molecular weight excluding hydrogens is 287 g/mol. The normalized spacial score (nSPS) is 12.6. The van der Waals surface area contributed by atoms with E-state index in [1.807, 2.05) is 18.2 Å². The van der Waals surface area contributed by atoms with Crippen molar-refractivity contribution >= 4 is 34.5 Å². The Morgan fingerprint density at radius 3 is 2.67 bits per heavy atom. The summed E-state index contributed by atoms with van der Waals surface area (Å²) in [6, 6.07) is 8.02. The highest BCUT2D eigenvalue weighted by molar-refractivity contribution is 7.16. The maximum absolute atomic E-state index is 5.95. The smallest absolute Gasteiger partial charge is 0.0931 e. The zero-order valence-corrected chi connectivity index (χ0v) is 12.3. The molecule has 5 heteroatoms. The fraction of sp³-hybridized carbons (Fsp3) is 0.308. The van der Waals surface area contributed by atoms with Crippen molar-refractivity contribution in [1.82, 2.24) is 10.3 Å². The van der Waals surface area contributed by atoms with Crippen molar-refractivity contribution in [2.24, 2.45) is 0 Å². The number of likely N-dealkylation sites (N-methyl/N-ethyl adjacent to an activating group) is 1. The third kappa shape index (κ3) is 3.69. The number of rotatable bonds is 5. The maximum Gasteiger partial charge on any atom is 0.0931 e. The molecule has 2 rings (SSSR count). The van der Waals surface area contributed by atoms with Crippen LogP contribution in [0.4, 0.5) is 0 Å². The fourth-order valence-corrected chi connectivity index (χ4v) is 3.03. The number of halogens is 2. The molecule has 2 nitrogen and oxygen atoms in total. The summed E-state index contributed by atoms with van der Waals surface area (Å²) in [5, 5.41) is 4.09. The van der Waals surface area contributed by atoms with E-state index in [0.29, 0.717) is 5.02 Å². The van der Waals surface area contributed by atoms with Crippen LogP contribution < -0.4 is 5.32 Å². The summed E-state index contributed by atoms with van der Waals surface area (Å²) in [4.78, 5) is 5.63. The Hall–Kier alpha value is -0.610. The monoisotopic (exact) mass is 300 g/mol. The Morgan fingerprint density at radius 1 is 1.28 bits per heavy atom. The van der Waals surface area contributed by atoms with Gasteiger partial charge in [-0.2, -0.15) is 0 Å². The van der Waals surface area contributed by atoms with Gasteiger partial charge in [0, 0.05) is 17.5 Å². The molecule has 0 aliphatic rings. The molecule has 1 unspecified atom stereocenters. The van der Waals surface area contributed by atoms with Crippen LogP contribution in [0.15, 0.2) is 30.5 Å². The Labute approximate surface area is 121 Å². The molecule has 96 valence electrons. The summed E-state index contributed by atoms with van der Waals surface area (Å²) >= 11 is 13.4. The Kier molecular flexibility index (Phi) is 5.01. The van der Waals surface area contributed by atoms with Crippen LogP contribution in [-0.2, 0) is 6.42 Å². The average Bonchev–Trinajstić information content (AvgIpc) is 2.75. The van der Waals surface area contributed by atoms with E-state index in [0.717, 1.165) is 23.0 Å². The Bertz CT molecular complexity index is 496. The van der Waals surface area contributed by atoms with Gasteiger partial charge in [0.1, 0.15) is 0 Å². The number of hydrogen-bond donors (Lipinski definition) is 1. The van der Waals surface area contributed by atoms with Crippen LogP contribution in [-0.4, -0.2) is 11.5 Å². The molecule has 0 radical (unpaired) electrons. The summed E-state index contributed by atoms with van der Waals surface area (Å²) in [5.41, 5.74) is 1.01. The van der Waals surface area contributed by atoms with Crippen LogP contribution in [0, 0.1) is 0 Å². The number of nitrogens with one attached hydrogen (secondary N) is 1. The van der Waals surface area contributed by atoms with E-state index in [1.165, 1.54) is 4.88 Å². The molecule has 1 N–H and O–H groups in total. The van der Waals surface area contributed by atoms with E-state index in [9.17, 15) is 0 Å². The third-order valence-corrected chi connectivity index (χ3v) is 4.07. The molecule has 0 saturated heterocycles.